The van der Waals surface area contributed by atoms with Crippen molar-refractivity contribution in [3.8, 4) is 5.75 Å². The molecule has 2 aromatic rings. The summed E-state index contributed by atoms with van der Waals surface area (Å²) in [5.74, 6) is 0.781. The predicted molar refractivity (Wildman–Crippen MR) is 96.1 cm³/mol. The van der Waals surface area contributed by atoms with Crippen molar-refractivity contribution in [1.82, 2.24) is 14.9 Å². The summed E-state index contributed by atoms with van der Waals surface area (Å²) < 4.78 is 12.1. The number of hydrogen-bond acceptors (Lipinski definition) is 5. The number of aryl methyl sites for hydroxylation is 1. The molecule has 2 aliphatic heterocycles. The van der Waals surface area contributed by atoms with Crippen LogP contribution in [0.1, 0.15) is 35.8 Å². The molecule has 4 rings (SSSR count). The van der Waals surface area contributed by atoms with Crippen molar-refractivity contribution in [1.29, 1.82) is 0 Å². The Morgan fingerprint density at radius 2 is 2.31 bits per heavy atom. The van der Waals surface area contributed by atoms with Gasteiger partial charge < -0.3 is 14.4 Å². The van der Waals surface area contributed by atoms with E-state index in [-0.39, 0.29) is 17.6 Å². The largest absolute Gasteiger partial charge is 0.486 e. The van der Waals surface area contributed by atoms with E-state index in [1.807, 2.05) is 29.2 Å². The molecule has 1 amide bonds. The number of rotatable bonds is 4. The lowest BCUT2D eigenvalue weighted by Gasteiger charge is -2.23. The molecule has 2 aromatic heterocycles. The first-order valence-electron chi connectivity index (χ1n) is 9.12. The van der Waals surface area contributed by atoms with E-state index < -0.39 is 0 Å². The van der Waals surface area contributed by atoms with Crippen LogP contribution in [-0.2, 0) is 11.2 Å². The Morgan fingerprint density at radius 3 is 3.04 bits per heavy atom. The third-order valence-corrected chi connectivity index (χ3v) is 5.15. The maximum absolute atomic E-state index is 12.8. The number of pyridine rings is 2. The lowest BCUT2D eigenvalue weighted by molar-refractivity contribution is 0.00994. The van der Waals surface area contributed by atoms with Crippen LogP contribution in [0.25, 0.3) is 0 Å². The first kappa shape index (κ1) is 17.0. The average Bonchev–Trinajstić information content (AvgIpc) is 3.29. The molecular weight excluding hydrogens is 330 g/mol. The van der Waals surface area contributed by atoms with E-state index in [0.717, 1.165) is 30.7 Å². The zero-order valence-electron chi connectivity index (χ0n) is 14.9. The summed E-state index contributed by atoms with van der Waals surface area (Å²) in [6, 6.07) is 7.54. The van der Waals surface area contributed by atoms with E-state index in [1.165, 1.54) is 0 Å². The molecular formula is C20H23N3O3. The molecule has 2 saturated heterocycles. The molecule has 26 heavy (non-hydrogen) atoms. The third-order valence-electron chi connectivity index (χ3n) is 5.15. The number of likely N-dealkylation sites (tertiary alicyclic amines) is 1. The Balaban J connectivity index is 1.37. The molecule has 1 spiro atoms. The van der Waals surface area contributed by atoms with Crippen molar-refractivity contribution >= 4 is 5.91 Å². The molecule has 0 bridgehead atoms. The molecule has 6 heteroatoms. The van der Waals surface area contributed by atoms with E-state index in [4.69, 9.17) is 9.47 Å². The van der Waals surface area contributed by atoms with Crippen LogP contribution in [0.4, 0.5) is 0 Å². The molecule has 4 heterocycles. The summed E-state index contributed by atoms with van der Waals surface area (Å²) in [6.07, 6.45) is 7.61. The number of carbonyl (C=O) groups excluding carboxylic acids is 1. The molecule has 136 valence electrons. The molecule has 0 aliphatic carbocycles. The highest BCUT2D eigenvalue weighted by atomic mass is 16.6. The zero-order chi connectivity index (χ0) is 18.0. The normalized spacial score (nSPS) is 25.0. The van der Waals surface area contributed by atoms with Crippen LogP contribution in [-0.4, -0.2) is 52.2 Å². The summed E-state index contributed by atoms with van der Waals surface area (Å²) in [6.45, 7) is 3.90. The van der Waals surface area contributed by atoms with E-state index in [2.05, 4.69) is 16.9 Å². The second kappa shape index (κ2) is 7.03. The monoisotopic (exact) mass is 353 g/mol. The van der Waals surface area contributed by atoms with Gasteiger partial charge in [-0.05, 0) is 37.1 Å². The van der Waals surface area contributed by atoms with Gasteiger partial charge in [-0.2, -0.15) is 0 Å². The van der Waals surface area contributed by atoms with Crippen molar-refractivity contribution in [2.75, 3.05) is 19.7 Å². The average molecular weight is 353 g/mol. The van der Waals surface area contributed by atoms with Gasteiger partial charge >= 0.3 is 0 Å². The Kier molecular flexibility index (Phi) is 4.59. The van der Waals surface area contributed by atoms with E-state index in [0.29, 0.717) is 25.3 Å². The number of amides is 1. The van der Waals surface area contributed by atoms with Gasteiger partial charge in [-0.3, -0.25) is 14.8 Å². The number of ether oxygens (including phenoxy) is 2. The van der Waals surface area contributed by atoms with Crippen molar-refractivity contribution in [2.24, 2.45) is 0 Å². The third kappa shape index (κ3) is 3.42. The molecule has 2 atom stereocenters. The van der Waals surface area contributed by atoms with Crippen LogP contribution >= 0.6 is 0 Å². The summed E-state index contributed by atoms with van der Waals surface area (Å²) in [7, 11) is 0. The van der Waals surface area contributed by atoms with Crippen molar-refractivity contribution < 1.29 is 14.3 Å². The molecule has 2 fully saturated rings. The summed E-state index contributed by atoms with van der Waals surface area (Å²) in [5, 5.41) is 0. The quantitative estimate of drug-likeness (QED) is 0.845. The number of carbonyl (C=O) groups is 1. The summed E-state index contributed by atoms with van der Waals surface area (Å²) >= 11 is 0. The topological polar surface area (TPSA) is 64.6 Å². The number of aromatic nitrogens is 2. The Morgan fingerprint density at radius 1 is 1.38 bits per heavy atom. The Bertz CT molecular complexity index is 766. The van der Waals surface area contributed by atoms with Crippen molar-refractivity contribution in [3.63, 3.8) is 0 Å². The van der Waals surface area contributed by atoms with E-state index >= 15 is 0 Å². The molecule has 2 unspecified atom stereocenters. The highest BCUT2D eigenvalue weighted by Crippen LogP contribution is 2.37. The summed E-state index contributed by atoms with van der Waals surface area (Å²) in [4.78, 5) is 23.0. The van der Waals surface area contributed by atoms with Crippen LogP contribution in [0.15, 0.2) is 42.9 Å². The van der Waals surface area contributed by atoms with Gasteiger partial charge in [0.2, 0.25) is 0 Å². The second-order valence-corrected chi connectivity index (χ2v) is 7.00. The van der Waals surface area contributed by atoms with Gasteiger partial charge in [0.1, 0.15) is 11.9 Å². The minimum absolute atomic E-state index is 0.000226. The van der Waals surface area contributed by atoms with E-state index in [9.17, 15) is 4.79 Å². The Hall–Kier alpha value is -2.47. The van der Waals surface area contributed by atoms with Gasteiger partial charge in [-0.15, -0.1) is 0 Å². The van der Waals surface area contributed by atoms with E-state index in [1.54, 1.807) is 18.6 Å². The van der Waals surface area contributed by atoms with Gasteiger partial charge in [0.15, 0.2) is 0 Å². The fourth-order valence-electron chi connectivity index (χ4n) is 3.73. The lowest BCUT2D eigenvalue weighted by Crippen LogP contribution is -2.36. The minimum atomic E-state index is -0.292. The van der Waals surface area contributed by atoms with Gasteiger partial charge in [0.05, 0.1) is 30.5 Å². The number of hydrogen-bond donors (Lipinski definition) is 0. The second-order valence-electron chi connectivity index (χ2n) is 7.00. The predicted octanol–water partition coefficient (Wildman–Crippen LogP) is 2.49. The highest BCUT2D eigenvalue weighted by Gasteiger charge is 2.47. The van der Waals surface area contributed by atoms with Gasteiger partial charge in [0, 0.05) is 31.1 Å². The van der Waals surface area contributed by atoms with Crippen LogP contribution in [0.5, 0.6) is 5.75 Å². The fraction of sp³-hybridized carbons (Fsp3) is 0.450. The highest BCUT2D eigenvalue weighted by molar-refractivity contribution is 5.94. The molecule has 2 aliphatic rings. The van der Waals surface area contributed by atoms with Crippen LogP contribution < -0.4 is 4.74 Å². The van der Waals surface area contributed by atoms with Crippen LogP contribution in [0, 0.1) is 0 Å². The van der Waals surface area contributed by atoms with Crippen molar-refractivity contribution in [3.05, 3.63) is 54.1 Å². The van der Waals surface area contributed by atoms with Crippen molar-refractivity contribution in [2.45, 2.75) is 37.9 Å². The SMILES string of the molecule is CCc1ccc(C(=O)N2CCC3(CC(Oc4cccnc4)CO3)C2)cn1. The van der Waals surface area contributed by atoms with Gasteiger partial charge in [-0.1, -0.05) is 6.92 Å². The molecule has 0 radical (unpaired) electrons. The first-order chi connectivity index (χ1) is 12.7. The summed E-state index contributed by atoms with van der Waals surface area (Å²) in [5.41, 5.74) is 1.34. The maximum atomic E-state index is 12.8. The minimum Gasteiger partial charge on any atom is -0.486 e. The standard InChI is InChI=1S/C20H23N3O3/c1-2-16-6-5-15(11-22-16)19(24)23-9-7-20(14-23)10-18(13-25-20)26-17-4-3-8-21-12-17/h3-6,8,11-12,18H,2,7,9-10,13-14H2,1H3. The van der Waals surface area contributed by atoms with Gasteiger partial charge in [-0.25, -0.2) is 0 Å². The fourth-order valence-corrected chi connectivity index (χ4v) is 3.73. The van der Waals surface area contributed by atoms with Crippen LogP contribution in [0.2, 0.25) is 0 Å². The molecule has 0 aromatic carbocycles. The maximum Gasteiger partial charge on any atom is 0.255 e. The Labute approximate surface area is 153 Å². The molecule has 0 N–H and O–H groups in total. The molecule has 0 saturated carbocycles. The van der Waals surface area contributed by atoms with Crippen LogP contribution in [0.3, 0.4) is 0 Å². The smallest absolute Gasteiger partial charge is 0.255 e. The zero-order valence-corrected chi connectivity index (χ0v) is 14.9. The first-order valence-corrected chi connectivity index (χ1v) is 9.12. The van der Waals surface area contributed by atoms with Gasteiger partial charge in [0.25, 0.3) is 5.91 Å². The molecule has 6 nitrogen and oxygen atoms in total. The lowest BCUT2D eigenvalue weighted by atomic mass is 9.98. The number of nitrogens with zero attached hydrogens (tertiary/aromatic N) is 3.